The lowest BCUT2D eigenvalue weighted by atomic mass is 10.2. The van der Waals surface area contributed by atoms with E-state index >= 15 is 0 Å². The van der Waals surface area contributed by atoms with E-state index in [0.29, 0.717) is 25.1 Å². The molecule has 20 heavy (non-hydrogen) atoms. The minimum absolute atomic E-state index is 0.299. The lowest BCUT2D eigenvalue weighted by Crippen LogP contribution is -2.31. The third-order valence-corrected chi connectivity index (χ3v) is 3.76. The van der Waals surface area contributed by atoms with Gasteiger partial charge in [-0.25, -0.2) is 4.79 Å². The van der Waals surface area contributed by atoms with Crippen LogP contribution in [0, 0.1) is 11.8 Å². The van der Waals surface area contributed by atoms with Crippen molar-refractivity contribution < 1.29 is 0 Å². The Morgan fingerprint density at radius 2 is 2.25 bits per heavy atom. The van der Waals surface area contributed by atoms with Crippen molar-refractivity contribution in [3.05, 3.63) is 54.5 Å². The van der Waals surface area contributed by atoms with Crippen LogP contribution < -0.4 is 17.0 Å². The van der Waals surface area contributed by atoms with Crippen LogP contribution in [-0.4, -0.2) is 16.1 Å². The first-order valence-electron chi connectivity index (χ1n) is 6.23. The highest BCUT2D eigenvalue weighted by Gasteiger charge is 2.07. The molecule has 0 atom stereocenters. The lowest BCUT2D eigenvalue weighted by Gasteiger charge is -2.05. The molecule has 0 aliphatic carbocycles. The number of aromatic nitrogens is 2. The van der Waals surface area contributed by atoms with Crippen molar-refractivity contribution in [1.29, 1.82) is 0 Å². The molecule has 0 aliphatic rings. The monoisotopic (exact) mass is 289 g/mol. The van der Waals surface area contributed by atoms with Gasteiger partial charge >= 0.3 is 5.69 Å². The van der Waals surface area contributed by atoms with Crippen molar-refractivity contribution in [3.8, 4) is 11.8 Å². The molecule has 0 spiro atoms. The molecule has 3 N–H and O–H groups in total. The number of hydrogen-bond acceptors (Lipinski definition) is 4. The van der Waals surface area contributed by atoms with E-state index < -0.39 is 5.69 Å². The molecule has 0 aliphatic heterocycles. The summed E-state index contributed by atoms with van der Waals surface area (Å²) >= 11 is 1.53. The second-order valence-corrected chi connectivity index (χ2v) is 5.16. The van der Waals surface area contributed by atoms with Crippen molar-refractivity contribution >= 4 is 11.3 Å². The molecule has 2 rings (SSSR count). The minimum atomic E-state index is -0.404. The number of hydrogen-bond donors (Lipinski definition) is 2. The summed E-state index contributed by atoms with van der Waals surface area (Å²) in [4.78, 5) is 26.7. The van der Waals surface area contributed by atoms with E-state index in [9.17, 15) is 9.59 Å². The number of nitrogens with two attached hydrogens (primary N) is 1. The molecular formula is C14H15N3O2S. The minimum Gasteiger partial charge on any atom is -0.320 e. The van der Waals surface area contributed by atoms with Gasteiger partial charge in [0.1, 0.15) is 0 Å². The van der Waals surface area contributed by atoms with Gasteiger partial charge in [0.25, 0.3) is 5.56 Å². The molecule has 2 aromatic heterocycles. The lowest BCUT2D eigenvalue weighted by molar-refractivity contribution is 0.714. The highest BCUT2D eigenvalue weighted by Crippen LogP contribution is 2.16. The third kappa shape index (κ3) is 3.07. The number of H-pyrrole nitrogens is 1. The van der Waals surface area contributed by atoms with Crippen LogP contribution >= 0.6 is 11.3 Å². The summed E-state index contributed by atoms with van der Waals surface area (Å²) in [6.07, 6.45) is 2.20. The molecule has 5 nitrogen and oxygen atoms in total. The van der Waals surface area contributed by atoms with Gasteiger partial charge in [-0.15, -0.1) is 11.3 Å². The van der Waals surface area contributed by atoms with Crippen molar-refractivity contribution in [2.45, 2.75) is 19.9 Å². The van der Waals surface area contributed by atoms with Crippen LogP contribution in [0.25, 0.3) is 0 Å². The molecule has 0 radical (unpaired) electrons. The maximum absolute atomic E-state index is 11.8. The van der Waals surface area contributed by atoms with E-state index in [1.165, 1.54) is 15.9 Å². The Bertz CT molecular complexity index is 774. The fourth-order valence-electron chi connectivity index (χ4n) is 1.80. The first kappa shape index (κ1) is 14.3. The van der Waals surface area contributed by atoms with Crippen molar-refractivity contribution in [3.63, 3.8) is 0 Å². The third-order valence-electron chi connectivity index (χ3n) is 2.85. The van der Waals surface area contributed by atoms with Gasteiger partial charge in [0, 0.05) is 22.2 Å². The molecule has 0 aromatic carbocycles. The normalized spacial score (nSPS) is 10.1. The zero-order chi connectivity index (χ0) is 14.5. The zero-order valence-corrected chi connectivity index (χ0v) is 11.9. The van der Waals surface area contributed by atoms with Crippen molar-refractivity contribution in [1.82, 2.24) is 9.55 Å². The molecule has 0 unspecified atom stereocenters. The maximum Gasteiger partial charge on any atom is 0.328 e. The van der Waals surface area contributed by atoms with Gasteiger partial charge in [0.2, 0.25) is 0 Å². The summed E-state index contributed by atoms with van der Waals surface area (Å²) in [6, 6.07) is 1.90. The molecule has 2 aromatic rings. The van der Waals surface area contributed by atoms with E-state index in [2.05, 4.69) is 16.8 Å². The van der Waals surface area contributed by atoms with E-state index in [1.807, 2.05) is 18.4 Å². The Morgan fingerprint density at radius 3 is 2.95 bits per heavy atom. The summed E-state index contributed by atoms with van der Waals surface area (Å²) in [6.45, 7) is 2.57. The highest BCUT2D eigenvalue weighted by atomic mass is 32.1. The van der Waals surface area contributed by atoms with Crippen molar-refractivity contribution in [2.24, 2.45) is 5.73 Å². The summed E-state index contributed by atoms with van der Waals surface area (Å²) in [5, 5.41) is 1.92. The highest BCUT2D eigenvalue weighted by molar-refractivity contribution is 7.10. The maximum atomic E-state index is 11.8. The fraction of sp³-hybridized carbons (Fsp3) is 0.286. The van der Waals surface area contributed by atoms with Crippen LogP contribution in [0.3, 0.4) is 0 Å². The molecule has 0 fully saturated rings. The molecule has 0 bridgehead atoms. The summed E-state index contributed by atoms with van der Waals surface area (Å²) < 4.78 is 1.50. The first-order chi connectivity index (χ1) is 9.65. The molecular weight excluding hydrogens is 274 g/mol. The average molecular weight is 289 g/mol. The number of nitrogens with one attached hydrogen (secondary N) is 1. The van der Waals surface area contributed by atoms with Crippen LogP contribution in [0.2, 0.25) is 0 Å². The molecule has 104 valence electrons. The summed E-state index contributed by atoms with van der Waals surface area (Å²) in [5.74, 6) is 5.78. The Morgan fingerprint density at radius 1 is 1.45 bits per heavy atom. The molecule has 6 heteroatoms. The number of rotatable bonds is 3. The second kappa shape index (κ2) is 6.37. The molecule has 0 saturated carbocycles. The quantitative estimate of drug-likeness (QED) is 0.808. The van der Waals surface area contributed by atoms with Gasteiger partial charge in [-0.05, 0) is 17.9 Å². The Hall–Kier alpha value is -2.10. The topological polar surface area (TPSA) is 80.9 Å². The van der Waals surface area contributed by atoms with E-state index in [1.54, 1.807) is 6.20 Å². The number of thiophene rings is 1. The predicted octanol–water partition coefficient (Wildman–Crippen LogP) is 0.519. The predicted molar refractivity (Wildman–Crippen MR) is 80.1 cm³/mol. The Labute approximate surface area is 120 Å². The smallest absolute Gasteiger partial charge is 0.320 e. The van der Waals surface area contributed by atoms with Gasteiger partial charge in [-0.3, -0.25) is 14.3 Å². The van der Waals surface area contributed by atoms with Crippen molar-refractivity contribution in [2.75, 3.05) is 6.54 Å². The number of aryl methyl sites for hydroxylation is 1. The Balaban J connectivity index is 2.38. The standard InChI is InChI=1S/C14H15N3O2S/c1-2-10-8-17(14(19)16-13(10)18)9-12-11(4-3-6-15)5-7-20-12/h5,7-8H,2,6,9,15H2,1H3,(H,16,18,19). The van der Waals surface area contributed by atoms with E-state index in [-0.39, 0.29) is 5.56 Å². The van der Waals surface area contributed by atoms with Gasteiger partial charge in [0.15, 0.2) is 0 Å². The van der Waals surface area contributed by atoms with Crippen LogP contribution in [0.15, 0.2) is 27.2 Å². The summed E-state index contributed by atoms with van der Waals surface area (Å²) in [5.41, 5.74) is 6.11. The van der Waals surface area contributed by atoms with Gasteiger partial charge < -0.3 is 5.73 Å². The molecule has 2 heterocycles. The molecule has 0 saturated heterocycles. The van der Waals surface area contributed by atoms with Gasteiger partial charge in [-0.2, -0.15) is 0 Å². The van der Waals surface area contributed by atoms with Crippen LogP contribution in [0.4, 0.5) is 0 Å². The molecule has 0 amide bonds. The number of nitrogens with zero attached hydrogens (tertiary/aromatic N) is 1. The SMILES string of the molecule is CCc1cn(Cc2sccc2C#CCN)c(=O)[nH]c1=O. The van der Waals surface area contributed by atoms with Crippen LogP contribution in [0.5, 0.6) is 0 Å². The van der Waals surface area contributed by atoms with Crippen LogP contribution in [0.1, 0.15) is 22.9 Å². The largest absolute Gasteiger partial charge is 0.328 e. The Kier molecular flexibility index (Phi) is 4.56. The number of aromatic amines is 1. The van der Waals surface area contributed by atoms with E-state index in [4.69, 9.17) is 5.73 Å². The van der Waals surface area contributed by atoms with Gasteiger partial charge in [0.05, 0.1) is 13.1 Å². The fourth-order valence-corrected chi connectivity index (χ4v) is 2.63. The van der Waals surface area contributed by atoms with E-state index in [0.717, 1.165) is 10.4 Å². The van der Waals surface area contributed by atoms with Crippen LogP contribution in [-0.2, 0) is 13.0 Å². The van der Waals surface area contributed by atoms with Gasteiger partial charge in [-0.1, -0.05) is 18.8 Å². The second-order valence-electron chi connectivity index (χ2n) is 4.16. The zero-order valence-electron chi connectivity index (χ0n) is 11.1. The average Bonchev–Trinajstić information content (AvgIpc) is 2.86. The first-order valence-corrected chi connectivity index (χ1v) is 7.11. The summed E-state index contributed by atoms with van der Waals surface area (Å²) in [7, 11) is 0.